The van der Waals surface area contributed by atoms with Crippen LogP contribution >= 0.6 is 0 Å². The third-order valence-corrected chi connectivity index (χ3v) is 6.05. The number of rotatable bonds is 11. The summed E-state index contributed by atoms with van der Waals surface area (Å²) < 4.78 is 5.11. The van der Waals surface area contributed by atoms with Crippen molar-refractivity contribution in [1.82, 2.24) is 15.1 Å². The Morgan fingerprint density at radius 1 is 1.05 bits per heavy atom. The fourth-order valence-corrected chi connectivity index (χ4v) is 4.19. The minimum Gasteiger partial charge on any atom is -0.479 e. The lowest BCUT2D eigenvalue weighted by Crippen LogP contribution is -2.56. The van der Waals surface area contributed by atoms with E-state index in [4.69, 9.17) is 4.74 Å². The molecule has 196 valence electrons. The van der Waals surface area contributed by atoms with Crippen molar-refractivity contribution < 1.29 is 34.1 Å². The summed E-state index contributed by atoms with van der Waals surface area (Å²) in [6.07, 6.45) is -0.0163. The predicted octanol–water partition coefficient (Wildman–Crippen LogP) is 1.25. The third kappa shape index (κ3) is 7.02. The standard InChI is InChI=1S/C27H31N3O7/c1-18(31)29-16-23(20-11-7-4-8-12-20)30(26(34)22(29)13-14-37-2)17-24(32)28-21(25(33)27(35)36)15-19-9-5-3-6-10-19/h3-12,16,21-22,25,33H,13-15,17H2,1-2H3,(H,28,32)(H,35,36)/t21-,22?,25?/m0/s1. The van der Waals surface area contributed by atoms with Gasteiger partial charge in [0.1, 0.15) is 12.6 Å². The van der Waals surface area contributed by atoms with Gasteiger partial charge in [0.15, 0.2) is 6.10 Å². The molecule has 3 N–H and O–H groups in total. The number of hydrogen-bond donors (Lipinski definition) is 3. The van der Waals surface area contributed by atoms with E-state index in [0.29, 0.717) is 11.3 Å². The Hall–Kier alpha value is -4.02. The summed E-state index contributed by atoms with van der Waals surface area (Å²) in [6.45, 7) is 1.14. The highest BCUT2D eigenvalue weighted by atomic mass is 16.5. The average Bonchev–Trinajstić information content (AvgIpc) is 2.89. The molecule has 37 heavy (non-hydrogen) atoms. The molecule has 0 spiro atoms. The Labute approximate surface area is 215 Å². The zero-order chi connectivity index (χ0) is 26.9. The van der Waals surface area contributed by atoms with E-state index >= 15 is 0 Å². The van der Waals surface area contributed by atoms with E-state index < -0.39 is 42.5 Å². The summed E-state index contributed by atoms with van der Waals surface area (Å²) >= 11 is 0. The number of nitrogens with one attached hydrogen (secondary N) is 1. The normalized spacial score (nSPS) is 17.1. The molecule has 0 fully saturated rings. The molecule has 3 rings (SSSR count). The first kappa shape index (κ1) is 27.6. The Kier molecular flexibility index (Phi) is 9.53. The van der Waals surface area contributed by atoms with E-state index in [-0.39, 0.29) is 25.4 Å². The van der Waals surface area contributed by atoms with Crippen LogP contribution in [-0.2, 0) is 30.3 Å². The van der Waals surface area contributed by atoms with Crippen molar-refractivity contribution in [2.24, 2.45) is 0 Å². The number of aliphatic hydroxyl groups excluding tert-OH is 1. The first-order valence-corrected chi connectivity index (χ1v) is 11.8. The molecule has 0 saturated heterocycles. The van der Waals surface area contributed by atoms with Gasteiger partial charge in [0.05, 0.1) is 11.7 Å². The van der Waals surface area contributed by atoms with Crippen LogP contribution in [0.4, 0.5) is 0 Å². The molecule has 10 nitrogen and oxygen atoms in total. The minimum absolute atomic E-state index is 0.0734. The number of methoxy groups -OCH3 is 1. The first-order chi connectivity index (χ1) is 17.7. The van der Waals surface area contributed by atoms with E-state index in [1.807, 2.05) is 0 Å². The second-order valence-corrected chi connectivity index (χ2v) is 8.68. The Bertz CT molecular complexity index is 1140. The van der Waals surface area contributed by atoms with Crippen molar-refractivity contribution in [2.45, 2.75) is 38.0 Å². The van der Waals surface area contributed by atoms with Crippen molar-refractivity contribution in [2.75, 3.05) is 20.3 Å². The topological polar surface area (TPSA) is 136 Å². The summed E-state index contributed by atoms with van der Waals surface area (Å²) in [6, 6.07) is 15.7. The van der Waals surface area contributed by atoms with E-state index in [2.05, 4.69) is 5.32 Å². The van der Waals surface area contributed by atoms with Gasteiger partial charge in [-0.25, -0.2) is 4.79 Å². The molecule has 3 atom stereocenters. The molecular weight excluding hydrogens is 478 g/mol. The largest absolute Gasteiger partial charge is 0.479 e. The molecule has 2 unspecified atom stereocenters. The molecule has 0 aromatic heterocycles. The van der Waals surface area contributed by atoms with Crippen LogP contribution in [-0.4, -0.2) is 82.2 Å². The van der Waals surface area contributed by atoms with E-state index in [1.165, 1.54) is 23.8 Å². The van der Waals surface area contributed by atoms with Crippen LogP contribution in [0.3, 0.4) is 0 Å². The van der Waals surface area contributed by atoms with Crippen molar-refractivity contribution >= 4 is 29.4 Å². The Morgan fingerprint density at radius 3 is 2.24 bits per heavy atom. The van der Waals surface area contributed by atoms with Gasteiger partial charge in [0.2, 0.25) is 11.8 Å². The third-order valence-electron chi connectivity index (χ3n) is 6.05. The monoisotopic (exact) mass is 509 g/mol. The Balaban J connectivity index is 1.90. The van der Waals surface area contributed by atoms with Gasteiger partial charge in [-0.3, -0.25) is 19.3 Å². The predicted molar refractivity (Wildman–Crippen MR) is 135 cm³/mol. The number of aliphatic carboxylic acids is 1. The number of carbonyl (C=O) groups is 4. The highest BCUT2D eigenvalue weighted by Crippen LogP contribution is 2.28. The molecule has 10 heteroatoms. The molecule has 0 bridgehead atoms. The molecule has 2 aromatic rings. The van der Waals surface area contributed by atoms with Crippen LogP contribution < -0.4 is 5.32 Å². The second-order valence-electron chi connectivity index (χ2n) is 8.68. The number of carboxylic acids is 1. The molecule has 0 saturated carbocycles. The maximum atomic E-state index is 13.6. The van der Waals surface area contributed by atoms with Crippen LogP contribution in [0.2, 0.25) is 0 Å². The van der Waals surface area contributed by atoms with Crippen molar-refractivity contribution in [3.8, 4) is 0 Å². The van der Waals surface area contributed by atoms with Crippen LogP contribution in [0, 0.1) is 0 Å². The zero-order valence-corrected chi connectivity index (χ0v) is 20.7. The number of hydrogen-bond acceptors (Lipinski definition) is 6. The minimum atomic E-state index is -1.85. The van der Waals surface area contributed by atoms with Crippen LogP contribution in [0.5, 0.6) is 0 Å². The summed E-state index contributed by atoms with van der Waals surface area (Å²) in [5.41, 5.74) is 1.69. The lowest BCUT2D eigenvalue weighted by atomic mass is 10.0. The lowest BCUT2D eigenvalue weighted by molar-refractivity contribution is -0.149. The number of carboxylic acid groups (broad SMARTS) is 1. The van der Waals surface area contributed by atoms with Crippen LogP contribution in [0.1, 0.15) is 24.5 Å². The zero-order valence-electron chi connectivity index (χ0n) is 20.7. The van der Waals surface area contributed by atoms with Gasteiger partial charge in [-0.1, -0.05) is 60.7 Å². The molecule has 0 radical (unpaired) electrons. The Morgan fingerprint density at radius 2 is 1.68 bits per heavy atom. The number of amides is 3. The van der Waals surface area contributed by atoms with E-state index in [9.17, 15) is 29.4 Å². The quantitative estimate of drug-likeness (QED) is 0.415. The van der Waals surface area contributed by atoms with Gasteiger partial charge >= 0.3 is 5.97 Å². The van der Waals surface area contributed by atoms with Gasteiger partial charge in [-0.2, -0.15) is 0 Å². The van der Waals surface area contributed by atoms with Crippen molar-refractivity contribution in [3.63, 3.8) is 0 Å². The van der Waals surface area contributed by atoms with Gasteiger partial charge in [-0.15, -0.1) is 0 Å². The van der Waals surface area contributed by atoms with Gasteiger partial charge in [0.25, 0.3) is 5.91 Å². The highest BCUT2D eigenvalue weighted by molar-refractivity contribution is 5.99. The maximum Gasteiger partial charge on any atom is 0.334 e. The number of aliphatic hydroxyl groups is 1. The van der Waals surface area contributed by atoms with Gasteiger partial charge in [-0.05, 0) is 17.5 Å². The van der Waals surface area contributed by atoms with Crippen molar-refractivity contribution in [3.05, 3.63) is 78.0 Å². The van der Waals surface area contributed by atoms with Gasteiger partial charge < -0.3 is 25.2 Å². The maximum absolute atomic E-state index is 13.6. The molecule has 3 amide bonds. The van der Waals surface area contributed by atoms with Crippen molar-refractivity contribution in [1.29, 1.82) is 0 Å². The lowest BCUT2D eigenvalue weighted by Gasteiger charge is -2.39. The summed E-state index contributed by atoms with van der Waals surface area (Å²) in [4.78, 5) is 53.3. The molecule has 1 aliphatic heterocycles. The smallest absolute Gasteiger partial charge is 0.334 e. The van der Waals surface area contributed by atoms with E-state index in [1.54, 1.807) is 66.9 Å². The number of nitrogens with zero attached hydrogens (tertiary/aromatic N) is 2. The van der Waals surface area contributed by atoms with Crippen LogP contribution in [0.15, 0.2) is 66.9 Å². The van der Waals surface area contributed by atoms with E-state index in [0.717, 1.165) is 5.56 Å². The average molecular weight is 510 g/mol. The molecule has 1 aliphatic rings. The SMILES string of the molecule is COCCC1C(=O)N(CC(=O)N[C@@H](Cc2ccccc2)C(O)C(=O)O)C(c2ccccc2)=CN1C(C)=O. The number of carbonyl (C=O) groups excluding carboxylic acids is 3. The summed E-state index contributed by atoms with van der Waals surface area (Å²) in [5, 5.41) is 22.2. The second kappa shape index (κ2) is 12.8. The van der Waals surface area contributed by atoms with Crippen LogP contribution in [0.25, 0.3) is 5.70 Å². The summed E-state index contributed by atoms with van der Waals surface area (Å²) in [7, 11) is 1.49. The highest BCUT2D eigenvalue weighted by Gasteiger charge is 2.38. The number of ether oxygens (including phenoxy) is 1. The molecule has 2 aromatic carbocycles. The van der Waals surface area contributed by atoms with Gasteiger partial charge in [0, 0.05) is 33.3 Å². The molecule has 1 heterocycles. The molecule has 0 aliphatic carbocycles. The first-order valence-electron chi connectivity index (χ1n) is 11.8. The fraction of sp³-hybridized carbons (Fsp3) is 0.333. The summed E-state index contributed by atoms with van der Waals surface area (Å²) in [5.74, 6) is -2.93. The fourth-order valence-electron chi connectivity index (χ4n) is 4.19. The number of benzene rings is 2. The molecular formula is C27H31N3O7.